The summed E-state index contributed by atoms with van der Waals surface area (Å²) in [6.45, 7) is 7.78. The molecule has 86 heavy (non-hydrogen) atoms. The Morgan fingerprint density at radius 2 is 1.13 bits per heavy atom. The third-order valence-corrected chi connectivity index (χ3v) is 14.9. The van der Waals surface area contributed by atoms with Gasteiger partial charge in [-0.15, -0.1) is 0 Å². The average Bonchev–Trinajstić information content (AvgIpc) is 1.02. The number of carbonyl (C=O) groups excluding carboxylic acids is 5. The van der Waals surface area contributed by atoms with E-state index >= 15 is 4.79 Å². The van der Waals surface area contributed by atoms with E-state index in [1.165, 1.54) is 117 Å². The lowest BCUT2D eigenvalue weighted by molar-refractivity contribution is -0.268. The molecular formula is C59H115N6O20P. The van der Waals surface area contributed by atoms with Crippen LogP contribution in [0, 0.1) is 0 Å². The molecule has 0 aromatic rings. The van der Waals surface area contributed by atoms with Gasteiger partial charge < -0.3 is 92.2 Å². The smallest absolute Gasteiger partial charge is 0.320 e. The molecule has 1 aliphatic heterocycles. The molecule has 0 aromatic heterocycles. The zero-order valence-corrected chi connectivity index (χ0v) is 53.7. The molecule has 0 saturated carbocycles. The summed E-state index contributed by atoms with van der Waals surface area (Å²) in [7, 11) is -2.73. The summed E-state index contributed by atoms with van der Waals surface area (Å²) in [5.74, 6) is -6.66. The number of nitrogens with zero attached hydrogens (tertiary/aromatic N) is 1. The second-order valence-electron chi connectivity index (χ2n) is 22.6. The van der Waals surface area contributed by atoms with E-state index in [-0.39, 0.29) is 26.0 Å². The van der Waals surface area contributed by atoms with Crippen LogP contribution in [0.25, 0.3) is 0 Å². The molecule has 0 aliphatic carbocycles. The van der Waals surface area contributed by atoms with Crippen molar-refractivity contribution in [3.63, 3.8) is 0 Å². The first kappa shape index (κ1) is 84.1. The molecule has 1 fully saturated rings. The standard InChI is InChI=1S/C54H100N4O15.C3H7NO2.C2H8NO3P/c1-6-8-10-12-14-16-18-20-22-24-26-28-30-32-45(64)71-43(38-60)50(73-46(65)33-31-29-27-25-23-21-19-17-15-13-11-9-7-2)54(5,56)53(69)58(41(51(55)67)34-35-44(62)63)36-39(3)70-49-47(57-40(4)61)52(68)72-42(37-59)48(49)66;1-2(4)3(5)6;3-1-2-6-7(4)5/h39,41-43,47-50,52,59-60,66,68H,6-38,56H2,1-5H3,(H2,55,67)(H,57,61)(H,62,63);2H,4H2,1H3,(H,5,6);7H,1-3H2,(H,4,5)/t39?,41-,42-,43+,47-,48-,49-,50?,52+,54-;2-;/m10./s1. The number of esters is 2. The maximum absolute atomic E-state index is 15.0. The van der Waals surface area contributed by atoms with Crippen LogP contribution in [-0.4, -0.2) is 182 Å². The molecule has 1 rings (SSSR count). The van der Waals surface area contributed by atoms with Gasteiger partial charge in [-0.05, 0) is 40.0 Å². The largest absolute Gasteiger partial charge is 0.481 e. The van der Waals surface area contributed by atoms with Gasteiger partial charge >= 0.3 is 32.1 Å². The zero-order chi connectivity index (χ0) is 65.5. The number of rotatable bonds is 49. The highest BCUT2D eigenvalue weighted by Gasteiger charge is 2.51. The second-order valence-corrected chi connectivity index (χ2v) is 23.4. The lowest BCUT2D eigenvalue weighted by atomic mass is 9.88. The van der Waals surface area contributed by atoms with Gasteiger partial charge in [-0.2, -0.15) is 0 Å². The van der Waals surface area contributed by atoms with Crippen LogP contribution < -0.4 is 28.3 Å². The van der Waals surface area contributed by atoms with Gasteiger partial charge in [0.25, 0.3) is 0 Å². The lowest BCUT2D eigenvalue weighted by Crippen LogP contribution is -2.68. The normalized spacial score (nSPS) is 19.3. The monoisotopic (exact) mass is 1260 g/mol. The number of nitrogens with one attached hydrogen (secondary N) is 1. The number of ether oxygens (including phenoxy) is 4. The van der Waals surface area contributed by atoms with E-state index in [0.717, 1.165) is 69.6 Å². The van der Waals surface area contributed by atoms with Crippen molar-refractivity contribution in [1.29, 1.82) is 0 Å². The summed E-state index contributed by atoms with van der Waals surface area (Å²) in [5, 5.41) is 62.4. The van der Waals surface area contributed by atoms with Crippen molar-refractivity contribution in [1.82, 2.24) is 10.2 Å². The van der Waals surface area contributed by atoms with Crippen molar-refractivity contribution in [2.24, 2.45) is 22.9 Å². The molecule has 506 valence electrons. The van der Waals surface area contributed by atoms with Gasteiger partial charge in [0.2, 0.25) is 17.7 Å². The summed E-state index contributed by atoms with van der Waals surface area (Å²) in [6, 6.07) is -3.77. The summed E-state index contributed by atoms with van der Waals surface area (Å²) in [4.78, 5) is 97.5. The molecule has 1 heterocycles. The van der Waals surface area contributed by atoms with Gasteiger partial charge in [0.05, 0.1) is 25.9 Å². The Bertz CT molecular complexity index is 1860. The third-order valence-electron chi connectivity index (χ3n) is 14.5. The number of hydrogen-bond acceptors (Lipinski definition) is 20. The van der Waals surface area contributed by atoms with Crippen molar-refractivity contribution in [3.05, 3.63) is 0 Å². The number of amides is 3. The van der Waals surface area contributed by atoms with E-state index < -0.39 is 149 Å². The maximum Gasteiger partial charge on any atom is 0.320 e. The van der Waals surface area contributed by atoms with Crippen LogP contribution in [0.1, 0.15) is 234 Å². The Hall–Kier alpha value is -3.92. The number of hydrogen-bond donors (Lipinski definition) is 12. The van der Waals surface area contributed by atoms with Crippen LogP contribution in [0.2, 0.25) is 0 Å². The number of carbonyl (C=O) groups is 7. The molecule has 3 unspecified atom stereocenters. The Morgan fingerprint density at radius 3 is 1.47 bits per heavy atom. The van der Waals surface area contributed by atoms with Gasteiger partial charge in [0.15, 0.2) is 18.5 Å². The van der Waals surface area contributed by atoms with Crippen LogP contribution >= 0.6 is 8.25 Å². The van der Waals surface area contributed by atoms with Gasteiger partial charge in [-0.1, -0.05) is 168 Å². The Labute approximate surface area is 512 Å². The number of carboxylic acid groups (broad SMARTS) is 2. The van der Waals surface area contributed by atoms with E-state index in [1.54, 1.807) is 0 Å². The quantitative estimate of drug-likeness (QED) is 0.0213. The van der Waals surface area contributed by atoms with Crippen molar-refractivity contribution in [2.45, 2.75) is 301 Å². The molecule has 0 bridgehead atoms. The van der Waals surface area contributed by atoms with E-state index in [2.05, 4.69) is 23.7 Å². The highest BCUT2D eigenvalue weighted by Crippen LogP contribution is 2.28. The minimum absolute atomic E-state index is 0.0214. The number of aliphatic hydroxyl groups excluding tert-OH is 4. The second kappa shape index (κ2) is 51.9. The van der Waals surface area contributed by atoms with Crippen LogP contribution in [0.5, 0.6) is 0 Å². The topological polar surface area (TPSA) is 444 Å². The Morgan fingerprint density at radius 1 is 0.709 bits per heavy atom. The Kier molecular flexibility index (Phi) is 50.8. The molecule has 0 radical (unpaired) electrons. The fourth-order valence-electron chi connectivity index (χ4n) is 9.65. The van der Waals surface area contributed by atoms with E-state index in [1.807, 2.05) is 0 Å². The molecule has 12 atom stereocenters. The fraction of sp³-hybridized carbons (Fsp3) is 0.881. The molecule has 0 spiro atoms. The summed E-state index contributed by atoms with van der Waals surface area (Å²) in [5.41, 5.74) is 20.1. The van der Waals surface area contributed by atoms with Crippen LogP contribution in [0.15, 0.2) is 0 Å². The van der Waals surface area contributed by atoms with Gasteiger partial charge in [0.1, 0.15) is 42.0 Å². The first-order valence-corrected chi connectivity index (χ1v) is 32.7. The van der Waals surface area contributed by atoms with Gasteiger partial charge in [-0.3, -0.25) is 38.1 Å². The van der Waals surface area contributed by atoms with Crippen LogP contribution in [0.4, 0.5) is 0 Å². The molecular weight excluding hydrogens is 1140 g/mol. The first-order valence-electron chi connectivity index (χ1n) is 31.5. The number of aliphatic hydroxyl groups is 4. The molecule has 0 aromatic carbocycles. The lowest BCUT2D eigenvalue weighted by Gasteiger charge is -2.45. The molecule has 27 heteroatoms. The average molecular weight is 1260 g/mol. The molecule has 1 aliphatic rings. The number of primary amides is 1. The van der Waals surface area contributed by atoms with E-state index in [9.17, 15) is 58.9 Å². The third kappa shape index (κ3) is 40.6. The van der Waals surface area contributed by atoms with E-state index in [4.69, 9.17) is 51.9 Å². The number of nitrogens with two attached hydrogens (primary N) is 4. The fourth-order valence-corrected chi connectivity index (χ4v) is 9.94. The summed E-state index contributed by atoms with van der Waals surface area (Å²) >= 11 is 0. The van der Waals surface area contributed by atoms with Gasteiger partial charge in [-0.25, -0.2) is 0 Å². The molecule has 26 nitrogen and oxygen atoms in total. The predicted octanol–water partition coefficient (Wildman–Crippen LogP) is 5.14. The zero-order valence-electron chi connectivity index (χ0n) is 52.7. The summed E-state index contributed by atoms with van der Waals surface area (Å²) < 4.78 is 36.9. The van der Waals surface area contributed by atoms with Crippen molar-refractivity contribution >= 4 is 49.9 Å². The Balaban J connectivity index is 0. The van der Waals surface area contributed by atoms with Crippen molar-refractivity contribution in [2.75, 3.05) is 32.9 Å². The van der Waals surface area contributed by atoms with Crippen molar-refractivity contribution in [3.8, 4) is 0 Å². The van der Waals surface area contributed by atoms with Crippen molar-refractivity contribution < 1.29 is 97.1 Å². The van der Waals surface area contributed by atoms with Crippen LogP contribution in [-0.2, 0) is 61.6 Å². The number of unbranched alkanes of at least 4 members (excludes halogenated alkanes) is 24. The number of aliphatic carboxylic acids is 2. The van der Waals surface area contributed by atoms with Crippen LogP contribution in [0.3, 0.4) is 0 Å². The highest BCUT2D eigenvalue weighted by molar-refractivity contribution is 7.32. The summed E-state index contributed by atoms with van der Waals surface area (Å²) in [6.07, 6.45) is 16.3. The van der Waals surface area contributed by atoms with Gasteiger partial charge in [0, 0.05) is 39.3 Å². The number of carboxylic acids is 2. The molecule has 3 amide bonds. The highest BCUT2D eigenvalue weighted by atomic mass is 31.1. The molecule has 1 saturated heterocycles. The minimum atomic E-state index is -2.73. The minimum Gasteiger partial charge on any atom is -0.481 e. The first-order chi connectivity index (χ1) is 40.8. The maximum atomic E-state index is 15.0. The molecule has 16 N–H and O–H groups in total. The predicted molar refractivity (Wildman–Crippen MR) is 325 cm³/mol. The van der Waals surface area contributed by atoms with E-state index in [0.29, 0.717) is 12.8 Å². The SMILES string of the molecule is CCCCCCCCCCCCCCCC(=O)OC([C@H](CO)OC(=O)CCCCCCCCCCCCCCC)[C@@](C)(N)C(=O)N(CC(C)O[C@H]1[C@H](O)[C@@H](CO)O[C@H](O)[C@@H]1NC(C)=O)[C@H](CCC(=O)O)C(N)=O.C[C@H](N)C(=O)O.NCCO[PH](=O)O.